The van der Waals surface area contributed by atoms with E-state index in [2.05, 4.69) is 11.8 Å². The Morgan fingerprint density at radius 2 is 1.94 bits per heavy atom. The van der Waals surface area contributed by atoms with Crippen LogP contribution in [0.4, 0.5) is 5.69 Å². The van der Waals surface area contributed by atoms with E-state index in [1.807, 2.05) is 31.2 Å². The average molecular weight is 249 g/mol. The molecule has 1 aromatic rings. The summed E-state index contributed by atoms with van der Waals surface area (Å²) in [7, 11) is 0. The standard InChI is InChI=1S/C14H23N3O/c1-3-8-17(10-11(2)14(16)18)13-6-4-12(9-15)5-7-13/h4-7,11H,3,8-10,15H2,1-2H3,(H2,16,18). The number of benzene rings is 1. The third-order valence-corrected chi connectivity index (χ3v) is 3.01. The molecule has 0 aliphatic rings. The molecule has 0 saturated carbocycles. The van der Waals surface area contributed by atoms with Crippen molar-refractivity contribution in [2.75, 3.05) is 18.0 Å². The number of primary amides is 1. The minimum absolute atomic E-state index is 0.147. The maximum Gasteiger partial charge on any atom is 0.222 e. The molecule has 1 amide bonds. The Morgan fingerprint density at radius 1 is 1.33 bits per heavy atom. The van der Waals surface area contributed by atoms with E-state index in [-0.39, 0.29) is 11.8 Å². The third kappa shape index (κ3) is 4.04. The summed E-state index contributed by atoms with van der Waals surface area (Å²) in [6.45, 7) is 6.10. The minimum Gasteiger partial charge on any atom is -0.371 e. The topological polar surface area (TPSA) is 72.3 Å². The number of carbonyl (C=O) groups excluding carboxylic acids is 1. The highest BCUT2D eigenvalue weighted by atomic mass is 16.1. The predicted octanol–water partition coefficient (Wildman–Crippen LogP) is 1.48. The molecule has 0 bridgehead atoms. The van der Waals surface area contributed by atoms with E-state index < -0.39 is 0 Å². The molecule has 4 heteroatoms. The highest BCUT2D eigenvalue weighted by molar-refractivity contribution is 5.77. The van der Waals surface area contributed by atoms with Crippen LogP contribution in [-0.2, 0) is 11.3 Å². The summed E-state index contributed by atoms with van der Waals surface area (Å²) in [5, 5.41) is 0. The van der Waals surface area contributed by atoms with Gasteiger partial charge in [0.1, 0.15) is 0 Å². The van der Waals surface area contributed by atoms with Gasteiger partial charge in [-0.2, -0.15) is 0 Å². The minimum atomic E-state index is -0.255. The molecule has 0 heterocycles. The lowest BCUT2D eigenvalue weighted by Gasteiger charge is -2.26. The van der Waals surface area contributed by atoms with Crippen molar-refractivity contribution in [1.29, 1.82) is 0 Å². The molecule has 0 saturated heterocycles. The van der Waals surface area contributed by atoms with Gasteiger partial charge in [0, 0.05) is 25.3 Å². The first-order chi connectivity index (χ1) is 8.58. The molecular weight excluding hydrogens is 226 g/mol. The zero-order valence-electron chi connectivity index (χ0n) is 11.2. The highest BCUT2D eigenvalue weighted by Gasteiger charge is 2.14. The average Bonchev–Trinajstić information content (AvgIpc) is 2.38. The molecule has 1 atom stereocenters. The van der Waals surface area contributed by atoms with Gasteiger partial charge in [0.05, 0.1) is 5.92 Å². The van der Waals surface area contributed by atoms with Crippen LogP contribution < -0.4 is 16.4 Å². The van der Waals surface area contributed by atoms with E-state index in [0.29, 0.717) is 13.1 Å². The molecule has 0 aliphatic carbocycles. The fraction of sp³-hybridized carbons (Fsp3) is 0.500. The Labute approximate surface area is 109 Å². The predicted molar refractivity (Wildman–Crippen MR) is 75.2 cm³/mol. The van der Waals surface area contributed by atoms with Gasteiger partial charge in [-0.3, -0.25) is 4.79 Å². The normalized spacial score (nSPS) is 12.2. The lowest BCUT2D eigenvalue weighted by Crippen LogP contribution is -2.35. The van der Waals surface area contributed by atoms with Crippen molar-refractivity contribution in [2.24, 2.45) is 17.4 Å². The summed E-state index contributed by atoms with van der Waals surface area (Å²) in [6.07, 6.45) is 1.03. The molecule has 0 fully saturated rings. The van der Waals surface area contributed by atoms with Gasteiger partial charge in [-0.15, -0.1) is 0 Å². The van der Waals surface area contributed by atoms with Gasteiger partial charge >= 0.3 is 0 Å². The second-order valence-corrected chi connectivity index (χ2v) is 4.62. The van der Waals surface area contributed by atoms with Crippen LogP contribution in [0.2, 0.25) is 0 Å². The fourth-order valence-corrected chi connectivity index (χ4v) is 1.86. The first-order valence-electron chi connectivity index (χ1n) is 6.41. The first kappa shape index (κ1) is 14.5. The van der Waals surface area contributed by atoms with E-state index in [0.717, 1.165) is 24.2 Å². The summed E-state index contributed by atoms with van der Waals surface area (Å²) in [5.74, 6) is -0.402. The van der Waals surface area contributed by atoms with Gasteiger partial charge in [-0.05, 0) is 24.1 Å². The van der Waals surface area contributed by atoms with E-state index >= 15 is 0 Å². The van der Waals surface area contributed by atoms with Crippen molar-refractivity contribution in [3.63, 3.8) is 0 Å². The van der Waals surface area contributed by atoms with Crippen LogP contribution in [0.25, 0.3) is 0 Å². The largest absolute Gasteiger partial charge is 0.371 e. The summed E-state index contributed by atoms with van der Waals surface area (Å²) in [6, 6.07) is 8.14. The monoisotopic (exact) mass is 249 g/mol. The molecule has 4 nitrogen and oxygen atoms in total. The molecule has 0 radical (unpaired) electrons. The van der Waals surface area contributed by atoms with Gasteiger partial charge in [0.15, 0.2) is 0 Å². The molecule has 100 valence electrons. The molecular formula is C14H23N3O. The van der Waals surface area contributed by atoms with Gasteiger partial charge in [0.2, 0.25) is 5.91 Å². The molecule has 0 aliphatic heterocycles. The van der Waals surface area contributed by atoms with E-state index in [9.17, 15) is 4.79 Å². The van der Waals surface area contributed by atoms with E-state index in [1.54, 1.807) is 0 Å². The molecule has 4 N–H and O–H groups in total. The summed E-state index contributed by atoms with van der Waals surface area (Å²) in [5.41, 5.74) is 13.1. The lowest BCUT2D eigenvalue weighted by atomic mass is 10.1. The van der Waals surface area contributed by atoms with Crippen LogP contribution in [0.5, 0.6) is 0 Å². The first-order valence-corrected chi connectivity index (χ1v) is 6.41. The number of amides is 1. The molecule has 0 aromatic heterocycles. The van der Waals surface area contributed by atoms with Crippen LogP contribution in [-0.4, -0.2) is 19.0 Å². The Kier molecular flexibility index (Phi) is 5.65. The maximum absolute atomic E-state index is 11.1. The molecule has 0 spiro atoms. The Morgan fingerprint density at radius 3 is 2.39 bits per heavy atom. The number of nitrogens with zero attached hydrogens (tertiary/aromatic N) is 1. The van der Waals surface area contributed by atoms with Crippen molar-refractivity contribution in [3.05, 3.63) is 29.8 Å². The van der Waals surface area contributed by atoms with Crippen LogP contribution in [0.3, 0.4) is 0 Å². The smallest absolute Gasteiger partial charge is 0.222 e. The summed E-state index contributed by atoms with van der Waals surface area (Å²) < 4.78 is 0. The zero-order chi connectivity index (χ0) is 13.5. The van der Waals surface area contributed by atoms with Crippen LogP contribution >= 0.6 is 0 Å². The molecule has 1 rings (SSSR count). The number of anilines is 1. The van der Waals surface area contributed by atoms with Crippen molar-refractivity contribution < 1.29 is 4.79 Å². The van der Waals surface area contributed by atoms with E-state index in [1.165, 1.54) is 0 Å². The van der Waals surface area contributed by atoms with Crippen molar-refractivity contribution in [3.8, 4) is 0 Å². The summed E-state index contributed by atoms with van der Waals surface area (Å²) in [4.78, 5) is 13.3. The number of rotatable bonds is 7. The second kappa shape index (κ2) is 7.01. The van der Waals surface area contributed by atoms with Crippen molar-refractivity contribution in [2.45, 2.75) is 26.8 Å². The van der Waals surface area contributed by atoms with Gasteiger partial charge in [-0.25, -0.2) is 0 Å². The Hall–Kier alpha value is -1.55. The number of hydrogen-bond donors (Lipinski definition) is 2. The third-order valence-electron chi connectivity index (χ3n) is 3.01. The molecule has 18 heavy (non-hydrogen) atoms. The quantitative estimate of drug-likeness (QED) is 0.769. The van der Waals surface area contributed by atoms with Gasteiger partial charge in [0.25, 0.3) is 0 Å². The number of hydrogen-bond acceptors (Lipinski definition) is 3. The fourth-order valence-electron chi connectivity index (χ4n) is 1.86. The van der Waals surface area contributed by atoms with Crippen molar-refractivity contribution in [1.82, 2.24) is 0 Å². The SMILES string of the molecule is CCCN(CC(C)C(N)=O)c1ccc(CN)cc1. The maximum atomic E-state index is 11.1. The lowest BCUT2D eigenvalue weighted by molar-refractivity contribution is -0.121. The highest BCUT2D eigenvalue weighted by Crippen LogP contribution is 2.17. The van der Waals surface area contributed by atoms with Crippen molar-refractivity contribution >= 4 is 11.6 Å². The van der Waals surface area contributed by atoms with Gasteiger partial charge in [-0.1, -0.05) is 26.0 Å². The van der Waals surface area contributed by atoms with E-state index in [4.69, 9.17) is 11.5 Å². The number of nitrogens with two attached hydrogens (primary N) is 2. The van der Waals surface area contributed by atoms with Crippen LogP contribution in [0, 0.1) is 5.92 Å². The number of carbonyl (C=O) groups is 1. The zero-order valence-corrected chi connectivity index (χ0v) is 11.2. The Balaban J connectivity index is 2.79. The summed E-state index contributed by atoms with van der Waals surface area (Å²) >= 11 is 0. The molecule has 1 aromatic carbocycles. The Bertz CT molecular complexity index is 375. The molecule has 1 unspecified atom stereocenters. The van der Waals surface area contributed by atoms with Crippen LogP contribution in [0.15, 0.2) is 24.3 Å². The second-order valence-electron chi connectivity index (χ2n) is 4.62. The van der Waals surface area contributed by atoms with Crippen LogP contribution in [0.1, 0.15) is 25.8 Å². The van der Waals surface area contributed by atoms with Gasteiger partial charge < -0.3 is 16.4 Å².